The maximum absolute atomic E-state index is 5.19. The van der Waals surface area contributed by atoms with Gasteiger partial charge in [0.1, 0.15) is 5.75 Å². The lowest BCUT2D eigenvalue weighted by Crippen LogP contribution is -2.23. The Hall–Kier alpha value is -1.88. The number of aryl methyl sites for hydroxylation is 1. The first-order valence-corrected chi connectivity index (χ1v) is 6.84. The fraction of sp³-hybridized carbons (Fsp3) is 0.467. The van der Waals surface area contributed by atoms with Crippen LogP contribution in [0.4, 0.5) is 0 Å². The number of aromatic nitrogens is 3. The average molecular weight is 274 g/mol. The number of hydrogen-bond acceptors (Lipinski definition) is 4. The molecule has 2 rings (SSSR count). The van der Waals surface area contributed by atoms with Gasteiger partial charge in [0, 0.05) is 13.2 Å². The van der Waals surface area contributed by atoms with Gasteiger partial charge in [-0.25, -0.2) is 0 Å². The van der Waals surface area contributed by atoms with Crippen molar-refractivity contribution in [3.63, 3.8) is 0 Å². The van der Waals surface area contributed by atoms with Crippen molar-refractivity contribution in [2.75, 3.05) is 20.7 Å². The molecule has 1 heterocycles. The van der Waals surface area contributed by atoms with Gasteiger partial charge in [-0.05, 0) is 50.0 Å². The van der Waals surface area contributed by atoms with Gasteiger partial charge in [-0.2, -0.15) is 0 Å². The highest BCUT2D eigenvalue weighted by atomic mass is 16.5. The summed E-state index contributed by atoms with van der Waals surface area (Å²) in [4.78, 5) is 0. The molecule has 0 aliphatic carbocycles. The monoisotopic (exact) mass is 274 g/mol. The van der Waals surface area contributed by atoms with Gasteiger partial charge in [0.15, 0.2) is 0 Å². The minimum atomic E-state index is 0.505. The Labute approximate surface area is 120 Å². The van der Waals surface area contributed by atoms with Gasteiger partial charge in [0.05, 0.1) is 12.8 Å². The van der Waals surface area contributed by atoms with Crippen molar-refractivity contribution in [2.45, 2.75) is 12.8 Å². The predicted molar refractivity (Wildman–Crippen MR) is 78.8 cm³/mol. The molecule has 1 unspecified atom stereocenters. The van der Waals surface area contributed by atoms with Gasteiger partial charge in [0.2, 0.25) is 0 Å². The maximum Gasteiger partial charge on any atom is 0.118 e. The van der Waals surface area contributed by atoms with E-state index in [9.17, 15) is 0 Å². The van der Waals surface area contributed by atoms with Gasteiger partial charge in [-0.3, -0.25) is 4.68 Å². The van der Waals surface area contributed by atoms with Crippen molar-refractivity contribution < 1.29 is 4.74 Å². The molecule has 0 radical (unpaired) electrons. The van der Waals surface area contributed by atoms with E-state index >= 15 is 0 Å². The van der Waals surface area contributed by atoms with Crippen molar-refractivity contribution in [3.8, 4) is 5.75 Å². The van der Waals surface area contributed by atoms with Crippen LogP contribution in [0.2, 0.25) is 0 Å². The fourth-order valence-electron chi connectivity index (χ4n) is 2.38. The van der Waals surface area contributed by atoms with Gasteiger partial charge in [-0.1, -0.05) is 17.3 Å². The van der Waals surface area contributed by atoms with Gasteiger partial charge < -0.3 is 10.1 Å². The predicted octanol–water partition coefficient (Wildman–Crippen LogP) is 1.44. The number of benzene rings is 1. The highest BCUT2D eigenvalue weighted by Crippen LogP contribution is 2.16. The molecule has 20 heavy (non-hydrogen) atoms. The van der Waals surface area contributed by atoms with Crippen LogP contribution in [-0.2, 0) is 19.9 Å². The van der Waals surface area contributed by atoms with Crippen LogP contribution in [0.5, 0.6) is 5.75 Å². The minimum Gasteiger partial charge on any atom is -0.497 e. The molecule has 1 N–H and O–H groups in total. The number of methoxy groups -OCH3 is 1. The molecule has 0 spiro atoms. The summed E-state index contributed by atoms with van der Waals surface area (Å²) < 4.78 is 6.94. The Balaban J connectivity index is 2.00. The van der Waals surface area contributed by atoms with Crippen LogP contribution in [0.15, 0.2) is 30.5 Å². The van der Waals surface area contributed by atoms with Crippen molar-refractivity contribution in [1.82, 2.24) is 20.3 Å². The Bertz CT molecular complexity index is 521. The second kappa shape index (κ2) is 7.05. The maximum atomic E-state index is 5.19. The molecular formula is C15H22N4O. The first kappa shape index (κ1) is 14.5. The Kier molecular flexibility index (Phi) is 5.12. The first-order chi connectivity index (χ1) is 9.71. The molecule has 1 aromatic carbocycles. The number of nitrogens with zero attached hydrogens (tertiary/aromatic N) is 3. The largest absolute Gasteiger partial charge is 0.497 e. The van der Waals surface area contributed by atoms with E-state index in [1.165, 1.54) is 5.56 Å². The van der Waals surface area contributed by atoms with Crippen LogP contribution in [0.25, 0.3) is 0 Å². The zero-order valence-electron chi connectivity index (χ0n) is 12.3. The topological polar surface area (TPSA) is 52.0 Å². The third-order valence-electron chi connectivity index (χ3n) is 3.32. The Morgan fingerprint density at radius 3 is 2.55 bits per heavy atom. The molecule has 2 aromatic rings. The quantitative estimate of drug-likeness (QED) is 0.830. The van der Waals surface area contributed by atoms with E-state index in [0.29, 0.717) is 5.92 Å². The van der Waals surface area contributed by atoms with E-state index in [4.69, 9.17) is 4.74 Å². The van der Waals surface area contributed by atoms with Gasteiger partial charge >= 0.3 is 0 Å². The number of nitrogens with one attached hydrogen (secondary N) is 1. The average Bonchev–Trinajstić information content (AvgIpc) is 2.85. The van der Waals surface area contributed by atoms with Crippen molar-refractivity contribution >= 4 is 0 Å². The van der Waals surface area contributed by atoms with Crippen LogP contribution in [0, 0.1) is 5.92 Å². The SMILES string of the molecule is CNCC(Cc1ccc(OC)cc1)Cc1cn(C)nn1. The molecule has 1 atom stereocenters. The first-order valence-electron chi connectivity index (χ1n) is 6.84. The molecule has 5 nitrogen and oxygen atoms in total. The zero-order chi connectivity index (χ0) is 14.4. The number of rotatable bonds is 7. The lowest BCUT2D eigenvalue weighted by molar-refractivity contribution is 0.414. The molecule has 0 fully saturated rings. The molecule has 0 aliphatic heterocycles. The number of hydrogen-bond donors (Lipinski definition) is 1. The van der Waals surface area contributed by atoms with Crippen molar-refractivity contribution in [1.29, 1.82) is 0 Å². The van der Waals surface area contributed by atoms with E-state index in [1.807, 2.05) is 32.4 Å². The van der Waals surface area contributed by atoms with E-state index in [-0.39, 0.29) is 0 Å². The highest BCUT2D eigenvalue weighted by Gasteiger charge is 2.12. The number of ether oxygens (including phenoxy) is 1. The summed E-state index contributed by atoms with van der Waals surface area (Å²) in [6.07, 6.45) is 3.93. The smallest absolute Gasteiger partial charge is 0.118 e. The van der Waals surface area contributed by atoms with Crippen molar-refractivity contribution in [3.05, 3.63) is 41.7 Å². The molecule has 108 valence electrons. The van der Waals surface area contributed by atoms with Gasteiger partial charge in [0.25, 0.3) is 0 Å². The standard InChI is InChI=1S/C15H22N4O/c1-16-10-13(9-14-11-19(2)18-17-14)8-12-4-6-15(20-3)7-5-12/h4-7,11,13,16H,8-10H2,1-3H3. The third-order valence-corrected chi connectivity index (χ3v) is 3.32. The summed E-state index contributed by atoms with van der Waals surface area (Å²) in [5.41, 5.74) is 2.36. The fourth-order valence-corrected chi connectivity index (χ4v) is 2.38. The molecule has 0 saturated carbocycles. The zero-order valence-corrected chi connectivity index (χ0v) is 12.3. The van der Waals surface area contributed by atoms with Gasteiger partial charge in [-0.15, -0.1) is 5.10 Å². The van der Waals surface area contributed by atoms with Crippen LogP contribution in [0.3, 0.4) is 0 Å². The molecule has 0 saturated heterocycles. The molecule has 0 aliphatic rings. The third kappa shape index (κ3) is 4.06. The molecule has 0 amide bonds. The summed E-state index contributed by atoms with van der Waals surface area (Å²) in [6.45, 7) is 0.961. The van der Waals surface area contributed by atoms with E-state index < -0.39 is 0 Å². The van der Waals surface area contributed by atoms with Crippen LogP contribution in [0.1, 0.15) is 11.3 Å². The molecule has 5 heteroatoms. The Morgan fingerprint density at radius 2 is 2.00 bits per heavy atom. The minimum absolute atomic E-state index is 0.505. The lowest BCUT2D eigenvalue weighted by Gasteiger charge is -2.15. The molecule has 1 aromatic heterocycles. The summed E-state index contributed by atoms with van der Waals surface area (Å²) >= 11 is 0. The second-order valence-corrected chi connectivity index (χ2v) is 5.06. The second-order valence-electron chi connectivity index (χ2n) is 5.06. The summed E-state index contributed by atoms with van der Waals surface area (Å²) in [6, 6.07) is 8.26. The van der Waals surface area contributed by atoms with Crippen LogP contribution < -0.4 is 10.1 Å². The normalized spacial score (nSPS) is 12.3. The lowest BCUT2D eigenvalue weighted by atomic mass is 9.95. The summed E-state index contributed by atoms with van der Waals surface area (Å²) in [7, 11) is 5.57. The van der Waals surface area contributed by atoms with Crippen LogP contribution >= 0.6 is 0 Å². The van der Waals surface area contributed by atoms with E-state index in [0.717, 1.165) is 30.8 Å². The summed E-state index contributed by atoms with van der Waals surface area (Å²) in [5, 5.41) is 11.4. The molecular weight excluding hydrogens is 252 g/mol. The van der Waals surface area contributed by atoms with E-state index in [2.05, 4.69) is 27.8 Å². The van der Waals surface area contributed by atoms with Crippen LogP contribution in [-0.4, -0.2) is 35.7 Å². The summed E-state index contributed by atoms with van der Waals surface area (Å²) in [5.74, 6) is 1.40. The van der Waals surface area contributed by atoms with E-state index in [1.54, 1.807) is 11.8 Å². The van der Waals surface area contributed by atoms with Crippen molar-refractivity contribution in [2.24, 2.45) is 13.0 Å². The molecule has 0 bridgehead atoms. The highest BCUT2D eigenvalue weighted by molar-refractivity contribution is 5.27. The Morgan fingerprint density at radius 1 is 1.25 bits per heavy atom.